The second-order valence-corrected chi connectivity index (χ2v) is 3.75. The van der Waals surface area contributed by atoms with Gasteiger partial charge < -0.3 is 16.2 Å². The summed E-state index contributed by atoms with van der Waals surface area (Å²) in [6.45, 7) is 2.01. The van der Waals surface area contributed by atoms with Gasteiger partial charge in [0.25, 0.3) is 0 Å². The van der Waals surface area contributed by atoms with E-state index < -0.39 is 17.9 Å². The van der Waals surface area contributed by atoms with Crippen molar-refractivity contribution in [1.29, 1.82) is 0 Å². The van der Waals surface area contributed by atoms with Crippen LogP contribution in [0.3, 0.4) is 0 Å². The SMILES string of the molecule is CCc1cccc(NC(=O)C(N)CC(=O)O)c1. The Morgan fingerprint density at radius 2 is 2.18 bits per heavy atom. The average Bonchev–Trinajstić information content (AvgIpc) is 2.28. The molecule has 0 aliphatic carbocycles. The molecule has 0 spiro atoms. The van der Waals surface area contributed by atoms with Crippen molar-refractivity contribution in [1.82, 2.24) is 0 Å². The zero-order valence-electron chi connectivity index (χ0n) is 9.64. The van der Waals surface area contributed by atoms with E-state index in [0.717, 1.165) is 12.0 Å². The van der Waals surface area contributed by atoms with E-state index in [1.807, 2.05) is 25.1 Å². The summed E-state index contributed by atoms with van der Waals surface area (Å²) in [5.41, 5.74) is 7.17. The lowest BCUT2D eigenvalue weighted by Crippen LogP contribution is -2.37. The summed E-state index contributed by atoms with van der Waals surface area (Å²) in [5.74, 6) is -1.57. The van der Waals surface area contributed by atoms with E-state index in [1.54, 1.807) is 6.07 Å². The molecule has 1 aromatic rings. The van der Waals surface area contributed by atoms with Gasteiger partial charge in [0, 0.05) is 5.69 Å². The van der Waals surface area contributed by atoms with Gasteiger partial charge in [-0.3, -0.25) is 9.59 Å². The number of aliphatic carboxylic acids is 1. The Morgan fingerprint density at radius 1 is 1.47 bits per heavy atom. The average molecular weight is 236 g/mol. The maximum atomic E-state index is 11.5. The molecule has 0 radical (unpaired) electrons. The zero-order valence-corrected chi connectivity index (χ0v) is 9.64. The highest BCUT2D eigenvalue weighted by Gasteiger charge is 2.16. The van der Waals surface area contributed by atoms with Gasteiger partial charge in [0.15, 0.2) is 0 Å². The summed E-state index contributed by atoms with van der Waals surface area (Å²) in [6.07, 6.45) is 0.490. The highest BCUT2D eigenvalue weighted by atomic mass is 16.4. The van der Waals surface area contributed by atoms with E-state index >= 15 is 0 Å². The van der Waals surface area contributed by atoms with Crippen molar-refractivity contribution in [2.75, 3.05) is 5.32 Å². The van der Waals surface area contributed by atoms with Crippen LogP contribution in [0.15, 0.2) is 24.3 Å². The lowest BCUT2D eigenvalue weighted by atomic mass is 10.1. The fraction of sp³-hybridized carbons (Fsp3) is 0.333. The third kappa shape index (κ3) is 4.24. The molecule has 0 fully saturated rings. The number of carbonyl (C=O) groups excluding carboxylic acids is 1. The van der Waals surface area contributed by atoms with Crippen LogP contribution in [0, 0.1) is 0 Å². The van der Waals surface area contributed by atoms with Crippen molar-refractivity contribution >= 4 is 17.6 Å². The fourth-order valence-corrected chi connectivity index (χ4v) is 1.38. The number of aryl methyl sites for hydroxylation is 1. The van der Waals surface area contributed by atoms with Crippen LogP contribution in [0.4, 0.5) is 5.69 Å². The second kappa shape index (κ2) is 6.00. The number of nitrogens with one attached hydrogen (secondary N) is 1. The molecular weight excluding hydrogens is 220 g/mol. The van der Waals surface area contributed by atoms with E-state index in [1.165, 1.54) is 0 Å². The number of carboxylic acids is 1. The van der Waals surface area contributed by atoms with E-state index in [9.17, 15) is 9.59 Å². The molecule has 0 saturated heterocycles. The summed E-state index contributed by atoms with van der Waals surface area (Å²) in [6, 6.07) is 6.33. The van der Waals surface area contributed by atoms with E-state index in [-0.39, 0.29) is 6.42 Å². The van der Waals surface area contributed by atoms with Crippen LogP contribution in [0.2, 0.25) is 0 Å². The minimum atomic E-state index is -1.09. The van der Waals surface area contributed by atoms with E-state index in [4.69, 9.17) is 10.8 Å². The molecule has 0 bridgehead atoms. The van der Waals surface area contributed by atoms with Gasteiger partial charge in [-0.2, -0.15) is 0 Å². The highest BCUT2D eigenvalue weighted by molar-refractivity contribution is 5.96. The lowest BCUT2D eigenvalue weighted by molar-refractivity contribution is -0.138. The Labute approximate surface area is 99.6 Å². The van der Waals surface area contributed by atoms with Crippen molar-refractivity contribution in [3.63, 3.8) is 0 Å². The summed E-state index contributed by atoms with van der Waals surface area (Å²) < 4.78 is 0. The van der Waals surface area contributed by atoms with Crippen LogP contribution in [0.1, 0.15) is 18.9 Å². The highest BCUT2D eigenvalue weighted by Crippen LogP contribution is 2.11. The van der Waals surface area contributed by atoms with Gasteiger partial charge >= 0.3 is 5.97 Å². The van der Waals surface area contributed by atoms with Crippen molar-refractivity contribution < 1.29 is 14.7 Å². The van der Waals surface area contributed by atoms with Crippen molar-refractivity contribution in [3.8, 4) is 0 Å². The number of carboxylic acid groups (broad SMARTS) is 1. The van der Waals surface area contributed by atoms with Crippen molar-refractivity contribution in [3.05, 3.63) is 29.8 Å². The molecule has 5 nitrogen and oxygen atoms in total. The number of amides is 1. The van der Waals surface area contributed by atoms with E-state index in [0.29, 0.717) is 5.69 Å². The van der Waals surface area contributed by atoms with Gasteiger partial charge in [-0.1, -0.05) is 19.1 Å². The molecule has 1 atom stereocenters. The summed E-state index contributed by atoms with van der Waals surface area (Å²) in [7, 11) is 0. The van der Waals surface area contributed by atoms with Crippen LogP contribution < -0.4 is 11.1 Å². The maximum absolute atomic E-state index is 11.5. The van der Waals surface area contributed by atoms with Gasteiger partial charge in [-0.25, -0.2) is 0 Å². The lowest BCUT2D eigenvalue weighted by Gasteiger charge is -2.10. The molecule has 0 aliphatic heterocycles. The Kier molecular flexibility index (Phi) is 4.66. The number of nitrogens with two attached hydrogens (primary N) is 1. The summed E-state index contributed by atoms with van der Waals surface area (Å²) >= 11 is 0. The normalized spacial score (nSPS) is 11.9. The van der Waals surface area contributed by atoms with Crippen LogP contribution in [-0.4, -0.2) is 23.0 Å². The number of anilines is 1. The molecule has 17 heavy (non-hydrogen) atoms. The van der Waals surface area contributed by atoms with Crippen LogP contribution >= 0.6 is 0 Å². The zero-order chi connectivity index (χ0) is 12.8. The molecule has 1 aromatic carbocycles. The first-order valence-electron chi connectivity index (χ1n) is 5.40. The Morgan fingerprint density at radius 3 is 2.76 bits per heavy atom. The third-order valence-electron chi connectivity index (χ3n) is 2.33. The number of rotatable bonds is 5. The molecule has 0 heterocycles. The topological polar surface area (TPSA) is 92.4 Å². The first-order valence-corrected chi connectivity index (χ1v) is 5.40. The van der Waals surface area contributed by atoms with Gasteiger partial charge in [0.2, 0.25) is 5.91 Å². The number of benzene rings is 1. The first kappa shape index (κ1) is 13.2. The van der Waals surface area contributed by atoms with Crippen LogP contribution in [0.5, 0.6) is 0 Å². The van der Waals surface area contributed by atoms with Gasteiger partial charge in [-0.15, -0.1) is 0 Å². The minimum Gasteiger partial charge on any atom is -0.481 e. The largest absolute Gasteiger partial charge is 0.481 e. The molecule has 1 unspecified atom stereocenters. The molecule has 0 saturated carbocycles. The molecule has 4 N–H and O–H groups in total. The first-order chi connectivity index (χ1) is 8.02. The van der Waals surface area contributed by atoms with Crippen molar-refractivity contribution in [2.45, 2.75) is 25.8 Å². The van der Waals surface area contributed by atoms with Gasteiger partial charge in [0.05, 0.1) is 12.5 Å². The van der Waals surface area contributed by atoms with Crippen molar-refractivity contribution in [2.24, 2.45) is 5.73 Å². The monoisotopic (exact) mass is 236 g/mol. The third-order valence-corrected chi connectivity index (χ3v) is 2.33. The summed E-state index contributed by atoms with van der Waals surface area (Å²) in [4.78, 5) is 22.0. The molecule has 0 aliphatic rings. The van der Waals surface area contributed by atoms with E-state index in [2.05, 4.69) is 5.32 Å². The Hall–Kier alpha value is -1.88. The number of carbonyl (C=O) groups is 2. The van der Waals surface area contributed by atoms with Crippen LogP contribution in [-0.2, 0) is 16.0 Å². The van der Waals surface area contributed by atoms with Gasteiger partial charge in [-0.05, 0) is 24.1 Å². The Bertz CT molecular complexity index is 418. The predicted molar refractivity (Wildman–Crippen MR) is 64.7 cm³/mol. The second-order valence-electron chi connectivity index (χ2n) is 3.75. The number of hydrogen-bond donors (Lipinski definition) is 3. The molecule has 5 heteroatoms. The predicted octanol–water partition coefficient (Wildman–Crippen LogP) is 0.990. The fourth-order valence-electron chi connectivity index (χ4n) is 1.38. The maximum Gasteiger partial charge on any atom is 0.305 e. The quantitative estimate of drug-likeness (QED) is 0.710. The molecule has 1 rings (SSSR count). The molecule has 1 amide bonds. The number of hydrogen-bond acceptors (Lipinski definition) is 3. The smallest absolute Gasteiger partial charge is 0.305 e. The van der Waals surface area contributed by atoms with Gasteiger partial charge in [0.1, 0.15) is 0 Å². The van der Waals surface area contributed by atoms with Crippen LogP contribution in [0.25, 0.3) is 0 Å². The molecular formula is C12H16N2O3. The standard InChI is InChI=1S/C12H16N2O3/c1-2-8-4-3-5-9(6-8)14-12(17)10(13)7-11(15)16/h3-6,10H,2,7,13H2,1H3,(H,14,17)(H,15,16). The molecule has 92 valence electrons. The summed E-state index contributed by atoms with van der Waals surface area (Å²) in [5, 5.41) is 11.1. The Balaban J connectivity index is 2.64. The molecule has 0 aromatic heterocycles. The minimum absolute atomic E-state index is 0.376.